The van der Waals surface area contributed by atoms with Crippen LogP contribution in [0.3, 0.4) is 0 Å². The lowest BCUT2D eigenvalue weighted by Crippen LogP contribution is -3.00. The number of benzene rings is 2. The maximum atomic E-state index is 10.9. The van der Waals surface area contributed by atoms with Crippen LogP contribution >= 0.6 is 0 Å². The highest BCUT2D eigenvalue weighted by atomic mass is 35.5. The fourth-order valence-electron chi connectivity index (χ4n) is 3.80. The summed E-state index contributed by atoms with van der Waals surface area (Å²) in [6.07, 6.45) is 2.16. The molecule has 2 aromatic rings. The van der Waals surface area contributed by atoms with Crippen LogP contribution in [-0.2, 0) is 6.54 Å². The molecule has 2 rings (SSSR count). The molecule has 0 aliphatic heterocycles. The summed E-state index contributed by atoms with van der Waals surface area (Å²) in [7, 11) is 0. The largest absolute Gasteiger partial charge is 1.00 e. The minimum atomic E-state index is -0.352. The number of nitro benzene ring substituents is 1. The number of rotatable bonds is 10. The van der Waals surface area contributed by atoms with E-state index in [4.69, 9.17) is 5.73 Å². The van der Waals surface area contributed by atoms with E-state index in [0.29, 0.717) is 0 Å². The third-order valence-corrected chi connectivity index (χ3v) is 4.87. The number of non-ortho nitro benzene ring substituents is 1. The van der Waals surface area contributed by atoms with Crippen LogP contribution in [0.5, 0.6) is 0 Å². The average molecular weight is 392 g/mol. The van der Waals surface area contributed by atoms with Crippen LogP contribution in [0.4, 0.5) is 5.69 Å². The van der Waals surface area contributed by atoms with E-state index in [-0.39, 0.29) is 29.1 Å². The quantitative estimate of drug-likeness (QED) is 0.378. The second-order valence-electron chi connectivity index (χ2n) is 7.07. The van der Waals surface area contributed by atoms with Crippen molar-refractivity contribution in [3.8, 4) is 0 Å². The molecule has 0 heterocycles. The van der Waals surface area contributed by atoms with Crippen molar-refractivity contribution in [3.63, 3.8) is 0 Å². The van der Waals surface area contributed by atoms with Crippen molar-refractivity contribution in [2.45, 2.75) is 39.3 Å². The summed E-state index contributed by atoms with van der Waals surface area (Å²) < 4.78 is 0.904. The number of nitrogens with two attached hydrogens (primary N) is 1. The Morgan fingerprint density at radius 1 is 1.00 bits per heavy atom. The smallest absolute Gasteiger partial charge is 0.269 e. The van der Waals surface area contributed by atoms with E-state index in [1.807, 2.05) is 30.3 Å². The molecule has 2 N–H and O–H groups in total. The Kier molecular flexibility index (Phi) is 9.43. The van der Waals surface area contributed by atoms with Crippen molar-refractivity contribution in [3.05, 3.63) is 75.8 Å². The van der Waals surface area contributed by atoms with E-state index in [1.165, 1.54) is 0 Å². The fraction of sp³-hybridized carbons (Fsp3) is 0.429. The van der Waals surface area contributed by atoms with Gasteiger partial charge in [-0.3, -0.25) is 10.1 Å². The molecule has 0 saturated carbocycles. The molecule has 1 unspecified atom stereocenters. The van der Waals surface area contributed by atoms with Crippen LogP contribution in [0.2, 0.25) is 0 Å². The molecule has 2 aromatic carbocycles. The molecule has 27 heavy (non-hydrogen) atoms. The third kappa shape index (κ3) is 6.61. The summed E-state index contributed by atoms with van der Waals surface area (Å²) in [5.41, 5.74) is 8.97. The zero-order chi connectivity index (χ0) is 19.0. The first-order chi connectivity index (χ1) is 12.5. The minimum Gasteiger partial charge on any atom is -1.00 e. The number of hydrogen-bond donors (Lipinski definition) is 1. The van der Waals surface area contributed by atoms with Crippen molar-refractivity contribution in [2.75, 3.05) is 19.6 Å². The van der Waals surface area contributed by atoms with E-state index in [9.17, 15) is 10.1 Å². The zero-order valence-corrected chi connectivity index (χ0v) is 16.9. The second-order valence-corrected chi connectivity index (χ2v) is 7.07. The Morgan fingerprint density at radius 3 is 2.04 bits per heavy atom. The number of hydrogen-bond acceptors (Lipinski definition) is 3. The van der Waals surface area contributed by atoms with Gasteiger partial charge < -0.3 is 22.6 Å². The number of nitrogens with zero attached hydrogens (tertiary/aromatic N) is 2. The average Bonchev–Trinajstić information content (AvgIpc) is 2.63. The summed E-state index contributed by atoms with van der Waals surface area (Å²) in [5.74, 6) is 0. The monoisotopic (exact) mass is 391 g/mol. The zero-order valence-electron chi connectivity index (χ0n) is 16.2. The lowest BCUT2D eigenvalue weighted by Gasteiger charge is -2.40. The molecule has 5 nitrogen and oxygen atoms in total. The van der Waals surface area contributed by atoms with Crippen molar-refractivity contribution in [2.24, 2.45) is 5.73 Å². The first-order valence-electron chi connectivity index (χ1n) is 9.38. The number of quaternary nitrogens is 1. The van der Waals surface area contributed by atoms with Crippen molar-refractivity contribution >= 4 is 5.69 Å². The standard InChI is InChI=1S/C21H30N3O2.ClH/c1-3-14-24(15-4-2,17-21(22)19-8-6-5-7-9-19)16-18-10-12-20(13-11-18)23(25)26;/h5-13,21H,3-4,14-17,22H2,1-2H3;1H/q+1;/p-1. The molecule has 0 aromatic heterocycles. The molecule has 0 saturated heterocycles. The molecule has 1 atom stereocenters. The predicted molar refractivity (Wildman–Crippen MR) is 106 cm³/mol. The maximum Gasteiger partial charge on any atom is 0.269 e. The van der Waals surface area contributed by atoms with Gasteiger partial charge in [-0.05, 0) is 30.5 Å². The fourth-order valence-corrected chi connectivity index (χ4v) is 3.80. The molecular weight excluding hydrogens is 362 g/mol. The Balaban J connectivity index is 0.00000364. The highest BCUT2D eigenvalue weighted by Gasteiger charge is 2.29. The highest BCUT2D eigenvalue weighted by molar-refractivity contribution is 5.32. The van der Waals surface area contributed by atoms with Gasteiger partial charge in [0, 0.05) is 17.7 Å². The van der Waals surface area contributed by atoms with Gasteiger partial charge in [-0.2, -0.15) is 0 Å². The van der Waals surface area contributed by atoms with Gasteiger partial charge in [-0.25, -0.2) is 0 Å². The molecule has 0 aliphatic rings. The van der Waals surface area contributed by atoms with Gasteiger partial charge in [0.2, 0.25) is 0 Å². The molecular formula is C21H30ClN3O2. The Labute approximate surface area is 168 Å². The highest BCUT2D eigenvalue weighted by Crippen LogP contribution is 2.23. The summed E-state index contributed by atoms with van der Waals surface area (Å²) in [4.78, 5) is 10.5. The van der Waals surface area contributed by atoms with Crippen LogP contribution < -0.4 is 18.1 Å². The summed E-state index contributed by atoms with van der Waals surface area (Å²) in [6, 6.07) is 17.2. The van der Waals surface area contributed by atoms with E-state index < -0.39 is 0 Å². The third-order valence-electron chi connectivity index (χ3n) is 4.87. The SMILES string of the molecule is CCC[N+](CCC)(Cc1ccc([N+](=O)[O-])cc1)CC(N)c1ccccc1.[Cl-]. The van der Waals surface area contributed by atoms with E-state index in [0.717, 1.165) is 54.6 Å². The van der Waals surface area contributed by atoms with Gasteiger partial charge in [-0.1, -0.05) is 44.2 Å². The lowest BCUT2D eigenvalue weighted by molar-refractivity contribution is -0.942. The topological polar surface area (TPSA) is 69.2 Å². The van der Waals surface area contributed by atoms with Crippen molar-refractivity contribution in [1.82, 2.24) is 0 Å². The summed E-state index contributed by atoms with van der Waals surface area (Å²) >= 11 is 0. The lowest BCUT2D eigenvalue weighted by atomic mass is 10.0. The molecule has 0 amide bonds. The number of halogens is 1. The van der Waals surface area contributed by atoms with Crippen LogP contribution in [0.25, 0.3) is 0 Å². The van der Waals surface area contributed by atoms with E-state index in [2.05, 4.69) is 26.0 Å². The van der Waals surface area contributed by atoms with Gasteiger partial charge in [-0.15, -0.1) is 0 Å². The Morgan fingerprint density at radius 2 is 1.56 bits per heavy atom. The van der Waals surface area contributed by atoms with Crippen LogP contribution in [0, 0.1) is 10.1 Å². The first kappa shape index (κ1) is 23.1. The van der Waals surface area contributed by atoms with Crippen LogP contribution in [0.15, 0.2) is 54.6 Å². The normalized spacial score (nSPS) is 12.3. The van der Waals surface area contributed by atoms with Crippen LogP contribution in [-0.4, -0.2) is 29.0 Å². The summed E-state index contributed by atoms with van der Waals surface area (Å²) in [6.45, 7) is 8.21. The minimum absolute atomic E-state index is 0. The van der Waals surface area contributed by atoms with E-state index >= 15 is 0 Å². The molecule has 6 heteroatoms. The molecule has 148 valence electrons. The van der Waals surface area contributed by atoms with Crippen molar-refractivity contribution in [1.29, 1.82) is 0 Å². The molecule has 0 fully saturated rings. The molecule has 0 spiro atoms. The Bertz CT molecular complexity index is 686. The van der Waals surface area contributed by atoms with Crippen LogP contribution in [0.1, 0.15) is 43.9 Å². The summed E-state index contributed by atoms with van der Waals surface area (Å²) in [5, 5.41) is 10.9. The Hall–Kier alpha value is -1.95. The van der Waals surface area contributed by atoms with Gasteiger partial charge in [0.15, 0.2) is 0 Å². The molecule has 0 radical (unpaired) electrons. The van der Waals surface area contributed by atoms with E-state index in [1.54, 1.807) is 12.1 Å². The van der Waals surface area contributed by atoms with Gasteiger partial charge >= 0.3 is 0 Å². The number of nitro groups is 1. The van der Waals surface area contributed by atoms with Gasteiger partial charge in [0.25, 0.3) is 5.69 Å². The van der Waals surface area contributed by atoms with Gasteiger partial charge in [0.1, 0.15) is 6.54 Å². The predicted octanol–water partition coefficient (Wildman–Crippen LogP) is 1.44. The maximum absolute atomic E-state index is 10.9. The molecule has 0 bridgehead atoms. The second kappa shape index (κ2) is 11.0. The first-order valence-corrected chi connectivity index (χ1v) is 9.38. The molecule has 0 aliphatic carbocycles. The van der Waals surface area contributed by atoms with Gasteiger partial charge in [0.05, 0.1) is 30.6 Å². The van der Waals surface area contributed by atoms with Crippen molar-refractivity contribution < 1.29 is 21.8 Å².